The first kappa shape index (κ1) is 17.3. The van der Waals surface area contributed by atoms with Gasteiger partial charge < -0.3 is 14.8 Å². The molecular weight excluding hydrogens is 356 g/mol. The number of nitrogens with zero attached hydrogens (tertiary/aromatic N) is 1. The van der Waals surface area contributed by atoms with Crippen molar-refractivity contribution in [3.63, 3.8) is 0 Å². The standard InChI is InChI=1S/C22H24N2O4/c1-27-18-8-5-14(10-19(18)28-2)22-21-13-4-3-12(9-13)20(21)16-11-15(24(25)26)6-7-17(16)23-22/h5-8,10-13,20-23H,3-4,9H2,1-2H3/t12-,13-,20+,21+,22-/m0/s1. The molecule has 5 rings (SSSR count). The van der Waals surface area contributed by atoms with E-state index < -0.39 is 0 Å². The van der Waals surface area contributed by atoms with Gasteiger partial charge in [-0.15, -0.1) is 0 Å². The van der Waals surface area contributed by atoms with E-state index in [1.165, 1.54) is 24.8 Å². The Bertz CT molecular complexity index is 944. The molecule has 146 valence electrons. The molecule has 2 aromatic carbocycles. The van der Waals surface area contributed by atoms with Gasteiger partial charge in [-0.1, -0.05) is 6.07 Å². The van der Waals surface area contributed by atoms with Crippen molar-refractivity contribution in [2.75, 3.05) is 19.5 Å². The number of non-ortho nitro benzene ring substituents is 1. The molecule has 0 amide bonds. The Morgan fingerprint density at radius 2 is 1.82 bits per heavy atom. The van der Waals surface area contributed by atoms with Gasteiger partial charge in [0.2, 0.25) is 0 Å². The van der Waals surface area contributed by atoms with E-state index >= 15 is 0 Å². The third-order valence-corrected chi connectivity index (χ3v) is 7.05. The molecule has 6 heteroatoms. The van der Waals surface area contributed by atoms with Crippen LogP contribution in [0.5, 0.6) is 11.5 Å². The minimum Gasteiger partial charge on any atom is -0.493 e. The SMILES string of the molecule is COc1ccc([C@@H]2Nc3ccc([N+](=O)[O-])cc3[C@H]3[C@H]4CC[C@@H](C4)[C@H]32)cc1OC. The summed E-state index contributed by atoms with van der Waals surface area (Å²) in [7, 11) is 3.30. The van der Waals surface area contributed by atoms with Crippen molar-refractivity contribution in [2.24, 2.45) is 17.8 Å². The lowest BCUT2D eigenvalue weighted by Gasteiger charge is -2.43. The van der Waals surface area contributed by atoms with Crippen LogP contribution in [0.3, 0.4) is 0 Å². The van der Waals surface area contributed by atoms with Crippen molar-refractivity contribution in [2.45, 2.75) is 31.2 Å². The fraction of sp³-hybridized carbons (Fsp3) is 0.455. The number of nitrogens with one attached hydrogen (secondary N) is 1. The summed E-state index contributed by atoms with van der Waals surface area (Å²) in [6.07, 6.45) is 3.71. The Morgan fingerprint density at radius 1 is 1.04 bits per heavy atom. The first-order valence-corrected chi connectivity index (χ1v) is 9.87. The number of rotatable bonds is 4. The summed E-state index contributed by atoms with van der Waals surface area (Å²) in [5.74, 6) is 3.58. The van der Waals surface area contributed by atoms with E-state index in [0.717, 1.165) is 22.7 Å². The van der Waals surface area contributed by atoms with Crippen LogP contribution in [-0.4, -0.2) is 19.1 Å². The number of hydrogen-bond acceptors (Lipinski definition) is 5. The number of benzene rings is 2. The zero-order valence-electron chi connectivity index (χ0n) is 16.1. The average Bonchev–Trinajstić information content (AvgIpc) is 3.34. The highest BCUT2D eigenvalue weighted by Gasteiger charge is 2.54. The van der Waals surface area contributed by atoms with Gasteiger partial charge in [0, 0.05) is 17.8 Å². The van der Waals surface area contributed by atoms with E-state index in [-0.39, 0.29) is 16.7 Å². The van der Waals surface area contributed by atoms with Gasteiger partial charge in [-0.3, -0.25) is 10.1 Å². The summed E-state index contributed by atoms with van der Waals surface area (Å²) >= 11 is 0. The van der Waals surface area contributed by atoms with Gasteiger partial charge in [0.15, 0.2) is 11.5 Å². The molecule has 3 aliphatic rings. The molecule has 0 saturated heterocycles. The lowest BCUT2D eigenvalue weighted by atomic mass is 9.68. The van der Waals surface area contributed by atoms with Crippen molar-refractivity contribution in [1.29, 1.82) is 0 Å². The van der Waals surface area contributed by atoms with Gasteiger partial charge in [-0.05, 0) is 72.3 Å². The predicted octanol–water partition coefficient (Wildman–Crippen LogP) is 4.91. The Hall–Kier alpha value is -2.76. The number of anilines is 1. The van der Waals surface area contributed by atoms with Crippen molar-refractivity contribution in [3.8, 4) is 11.5 Å². The van der Waals surface area contributed by atoms with Gasteiger partial charge >= 0.3 is 0 Å². The maximum atomic E-state index is 11.3. The molecule has 0 unspecified atom stereocenters. The first-order valence-electron chi connectivity index (χ1n) is 9.87. The van der Waals surface area contributed by atoms with E-state index in [4.69, 9.17) is 9.47 Å². The van der Waals surface area contributed by atoms with Crippen LogP contribution in [0.25, 0.3) is 0 Å². The van der Waals surface area contributed by atoms with Crippen LogP contribution in [0.4, 0.5) is 11.4 Å². The van der Waals surface area contributed by atoms with Crippen LogP contribution in [0.1, 0.15) is 42.3 Å². The van der Waals surface area contributed by atoms with Crippen molar-refractivity contribution in [3.05, 3.63) is 57.6 Å². The summed E-state index contributed by atoms with van der Waals surface area (Å²) in [4.78, 5) is 11.0. The first-order chi connectivity index (χ1) is 13.6. The Morgan fingerprint density at radius 3 is 2.57 bits per heavy atom. The largest absolute Gasteiger partial charge is 0.493 e. The fourth-order valence-corrected chi connectivity index (χ4v) is 5.96. The monoisotopic (exact) mass is 380 g/mol. The molecule has 2 aromatic rings. The molecule has 2 fully saturated rings. The third-order valence-electron chi connectivity index (χ3n) is 7.05. The second-order valence-corrected chi connectivity index (χ2v) is 8.20. The minimum absolute atomic E-state index is 0.175. The van der Waals surface area contributed by atoms with Crippen LogP contribution in [0, 0.1) is 27.9 Å². The number of nitro benzene ring substituents is 1. The number of fused-ring (bicyclic) bond motifs is 7. The number of methoxy groups -OCH3 is 2. The zero-order chi connectivity index (χ0) is 19.4. The summed E-state index contributed by atoms with van der Waals surface area (Å²) in [6, 6.07) is 11.6. The Kier molecular flexibility index (Phi) is 3.96. The quantitative estimate of drug-likeness (QED) is 0.603. The predicted molar refractivity (Wildman–Crippen MR) is 106 cm³/mol. The molecule has 6 nitrogen and oxygen atoms in total. The summed E-state index contributed by atoms with van der Waals surface area (Å²) in [5, 5.41) is 15.0. The molecule has 2 aliphatic carbocycles. The summed E-state index contributed by atoms with van der Waals surface area (Å²) in [6.45, 7) is 0. The number of hydrogen-bond donors (Lipinski definition) is 1. The molecule has 0 aromatic heterocycles. The normalized spacial score (nSPS) is 29.6. The van der Waals surface area contributed by atoms with Gasteiger partial charge in [-0.2, -0.15) is 0 Å². The second kappa shape index (κ2) is 6.40. The van der Waals surface area contributed by atoms with Crippen molar-refractivity contribution < 1.29 is 14.4 Å². The van der Waals surface area contributed by atoms with E-state index in [9.17, 15) is 10.1 Å². The van der Waals surface area contributed by atoms with E-state index in [1.54, 1.807) is 26.4 Å². The topological polar surface area (TPSA) is 73.6 Å². The zero-order valence-corrected chi connectivity index (χ0v) is 16.1. The maximum Gasteiger partial charge on any atom is 0.269 e. The van der Waals surface area contributed by atoms with Gasteiger partial charge in [0.1, 0.15) is 0 Å². The highest BCUT2D eigenvalue weighted by Crippen LogP contribution is 2.64. The smallest absolute Gasteiger partial charge is 0.269 e. The van der Waals surface area contributed by atoms with Gasteiger partial charge in [-0.25, -0.2) is 0 Å². The Labute approximate surface area is 164 Å². The minimum atomic E-state index is -0.289. The molecule has 0 spiro atoms. The molecule has 28 heavy (non-hydrogen) atoms. The van der Waals surface area contributed by atoms with E-state index in [1.807, 2.05) is 12.1 Å². The second-order valence-electron chi connectivity index (χ2n) is 8.20. The molecule has 2 bridgehead atoms. The van der Waals surface area contributed by atoms with Crippen LogP contribution in [0.2, 0.25) is 0 Å². The van der Waals surface area contributed by atoms with E-state index in [2.05, 4.69) is 17.4 Å². The maximum absolute atomic E-state index is 11.3. The lowest BCUT2D eigenvalue weighted by Crippen LogP contribution is -2.35. The van der Waals surface area contributed by atoms with E-state index in [0.29, 0.717) is 23.7 Å². The lowest BCUT2D eigenvalue weighted by molar-refractivity contribution is -0.384. The van der Waals surface area contributed by atoms with Crippen LogP contribution < -0.4 is 14.8 Å². The molecule has 5 atom stereocenters. The van der Waals surface area contributed by atoms with Crippen molar-refractivity contribution >= 4 is 11.4 Å². The third kappa shape index (κ3) is 2.47. The van der Waals surface area contributed by atoms with Crippen LogP contribution in [-0.2, 0) is 0 Å². The molecule has 0 radical (unpaired) electrons. The average molecular weight is 380 g/mol. The molecular formula is C22H24N2O4. The van der Waals surface area contributed by atoms with Crippen molar-refractivity contribution in [1.82, 2.24) is 0 Å². The highest BCUT2D eigenvalue weighted by molar-refractivity contribution is 5.62. The fourth-order valence-electron chi connectivity index (χ4n) is 5.96. The molecule has 1 N–H and O–H groups in total. The van der Waals surface area contributed by atoms with Gasteiger partial charge in [0.05, 0.1) is 25.2 Å². The number of ether oxygens (including phenoxy) is 2. The molecule has 1 heterocycles. The Balaban J connectivity index is 1.60. The van der Waals surface area contributed by atoms with Gasteiger partial charge in [0.25, 0.3) is 5.69 Å². The molecule has 1 aliphatic heterocycles. The highest BCUT2D eigenvalue weighted by atomic mass is 16.6. The van der Waals surface area contributed by atoms with Crippen LogP contribution >= 0.6 is 0 Å². The summed E-state index contributed by atoms with van der Waals surface area (Å²) < 4.78 is 10.9. The van der Waals surface area contributed by atoms with Crippen LogP contribution in [0.15, 0.2) is 36.4 Å². The molecule has 2 saturated carbocycles. The summed E-state index contributed by atoms with van der Waals surface area (Å²) in [5.41, 5.74) is 3.53. The number of nitro groups is 1.